The molecule has 0 fully saturated rings. The molecule has 2 N–H and O–H groups in total. The topological polar surface area (TPSA) is 95.9 Å². The highest BCUT2D eigenvalue weighted by atomic mass is 35.5. The van der Waals surface area contributed by atoms with Crippen molar-refractivity contribution in [2.45, 2.75) is 57.8 Å². The van der Waals surface area contributed by atoms with Gasteiger partial charge in [-0.05, 0) is 43.4 Å². The molecule has 0 bridgehead atoms. The van der Waals surface area contributed by atoms with Crippen molar-refractivity contribution in [2.75, 3.05) is 6.61 Å². The average molecular weight is 480 g/mol. The van der Waals surface area contributed by atoms with Crippen molar-refractivity contribution < 1.29 is 31.1 Å². The number of carboxylic acids is 1. The largest absolute Gasteiger partial charge is 0.480 e. The summed E-state index contributed by atoms with van der Waals surface area (Å²) >= 11 is 0. The number of amides is 1. The predicted molar refractivity (Wildman–Crippen MR) is 127 cm³/mol. The van der Waals surface area contributed by atoms with Gasteiger partial charge in [0.05, 0.1) is 19.5 Å². The molecule has 0 saturated carbocycles. The van der Waals surface area contributed by atoms with E-state index in [9.17, 15) is 19.5 Å². The number of halogens is 1. The van der Waals surface area contributed by atoms with Gasteiger partial charge in [0, 0.05) is 13.0 Å². The highest BCUT2D eigenvalue weighted by molar-refractivity contribution is 5.88. The summed E-state index contributed by atoms with van der Waals surface area (Å²) in [5.41, 5.74) is 1.77. The Bertz CT molecular complexity index is 1190. The molecule has 1 aliphatic heterocycles. The fourth-order valence-electron chi connectivity index (χ4n) is 3.80. The maximum atomic E-state index is 13.4. The molecule has 0 spiro atoms. The molecule has 7 nitrogen and oxygen atoms in total. The van der Waals surface area contributed by atoms with Crippen LogP contribution in [0, 0.1) is 0 Å². The Morgan fingerprint density at radius 1 is 1.21 bits per heavy atom. The minimum atomic E-state index is -1.13. The lowest BCUT2D eigenvalue weighted by Crippen LogP contribution is -2.56. The molecule has 2 aromatic carbocycles. The van der Waals surface area contributed by atoms with Gasteiger partial charge in [0.25, 0.3) is 0 Å². The van der Waals surface area contributed by atoms with Crippen LogP contribution in [0.25, 0.3) is 0 Å². The van der Waals surface area contributed by atoms with Gasteiger partial charge in [-0.25, -0.2) is 4.79 Å². The van der Waals surface area contributed by atoms with E-state index in [4.69, 9.17) is 11.6 Å². The zero-order valence-corrected chi connectivity index (χ0v) is 19.3. The van der Waals surface area contributed by atoms with Gasteiger partial charge in [-0.2, -0.15) is 0 Å². The Hall–Kier alpha value is -2.90. The Morgan fingerprint density at radius 3 is 2.52 bits per heavy atom. The maximum Gasteiger partial charge on any atom is 0.326 e. The third-order valence-corrected chi connectivity index (χ3v) is 5.44. The zero-order chi connectivity index (χ0) is 27.4. The van der Waals surface area contributed by atoms with Crippen molar-refractivity contribution >= 4 is 30.3 Å². The first-order valence-corrected chi connectivity index (χ1v) is 10.6. The second kappa shape index (κ2) is 12.4. The normalized spacial score (nSPS) is 18.8. The van der Waals surface area contributed by atoms with Crippen LogP contribution < -0.4 is 5.32 Å². The second-order valence-electron chi connectivity index (χ2n) is 7.63. The van der Waals surface area contributed by atoms with Crippen LogP contribution >= 0.6 is 12.4 Å². The number of ether oxygens (including phenoxy) is 1. The van der Waals surface area contributed by atoms with E-state index in [1.54, 1.807) is 6.92 Å². The molecule has 0 aliphatic carbocycles. The lowest BCUT2D eigenvalue weighted by atomic mass is 9.93. The summed E-state index contributed by atoms with van der Waals surface area (Å²) in [6, 6.07) is 2.13. The number of nitrogens with zero attached hydrogens (tertiary/aromatic N) is 1. The third-order valence-electron chi connectivity index (χ3n) is 5.44. The summed E-state index contributed by atoms with van der Waals surface area (Å²) in [7, 11) is 0. The van der Waals surface area contributed by atoms with Crippen molar-refractivity contribution in [3.05, 3.63) is 71.2 Å². The van der Waals surface area contributed by atoms with E-state index in [0.29, 0.717) is 0 Å². The van der Waals surface area contributed by atoms with Crippen LogP contribution in [0.2, 0.25) is 0 Å². The number of esters is 1. The number of carboxylic acid groups (broad SMARTS) is 1. The number of carbonyl (C=O) groups excluding carboxylic acids is 2. The SMILES string of the molecule is Cl.[2H]c1c([2H])c([2H])c(CC[C@@H](NC(C)C(=O)N2Cc3ccccc3C[C@H]2C(=O)O)C(=O)OCC)c([2H])c1[2H]. The lowest BCUT2D eigenvalue weighted by molar-refractivity contribution is -0.153. The van der Waals surface area contributed by atoms with Crippen LogP contribution in [0.4, 0.5) is 0 Å². The van der Waals surface area contributed by atoms with Crippen LogP contribution in [0.3, 0.4) is 0 Å². The summed E-state index contributed by atoms with van der Waals surface area (Å²) in [6.07, 6.45) is 0.123. The summed E-state index contributed by atoms with van der Waals surface area (Å²) in [5, 5.41) is 12.7. The Kier molecular flexibility index (Phi) is 7.33. The van der Waals surface area contributed by atoms with Gasteiger partial charge < -0.3 is 14.7 Å². The first-order chi connectivity index (χ1) is 17.5. The van der Waals surface area contributed by atoms with Crippen LogP contribution in [0.15, 0.2) is 54.5 Å². The van der Waals surface area contributed by atoms with E-state index in [1.807, 2.05) is 24.3 Å². The monoisotopic (exact) mass is 479 g/mol. The quantitative estimate of drug-likeness (QED) is 0.537. The molecule has 0 radical (unpaired) electrons. The lowest BCUT2D eigenvalue weighted by Gasteiger charge is -2.36. The van der Waals surface area contributed by atoms with Crippen LogP contribution in [-0.4, -0.2) is 52.6 Å². The highest BCUT2D eigenvalue weighted by Gasteiger charge is 2.37. The number of hydrogen-bond donors (Lipinski definition) is 2. The zero-order valence-electron chi connectivity index (χ0n) is 23.5. The van der Waals surface area contributed by atoms with Gasteiger partial charge in [0.15, 0.2) is 0 Å². The van der Waals surface area contributed by atoms with Crippen molar-refractivity contribution in [1.29, 1.82) is 0 Å². The number of aliphatic carboxylic acids is 1. The van der Waals surface area contributed by atoms with Crippen molar-refractivity contribution in [2.24, 2.45) is 0 Å². The van der Waals surface area contributed by atoms with Crippen LogP contribution in [0.1, 0.15) is 43.8 Å². The average Bonchev–Trinajstić information content (AvgIpc) is 2.88. The number of benzene rings is 2. The molecule has 1 unspecified atom stereocenters. The number of hydrogen-bond acceptors (Lipinski definition) is 5. The molecule has 3 rings (SSSR count). The number of nitrogens with one attached hydrogen (secondary N) is 1. The second-order valence-corrected chi connectivity index (χ2v) is 7.63. The number of carbonyl (C=O) groups is 3. The molecule has 0 saturated heterocycles. The molecule has 0 aromatic heterocycles. The Labute approximate surface area is 207 Å². The van der Waals surface area contributed by atoms with E-state index in [2.05, 4.69) is 5.32 Å². The number of rotatable bonds is 9. The molecule has 33 heavy (non-hydrogen) atoms. The first-order valence-electron chi connectivity index (χ1n) is 13.1. The maximum absolute atomic E-state index is 13.4. The Morgan fingerprint density at radius 2 is 1.88 bits per heavy atom. The van der Waals surface area contributed by atoms with Gasteiger partial charge in [-0.3, -0.25) is 14.9 Å². The van der Waals surface area contributed by atoms with E-state index in [0.717, 1.165) is 11.1 Å². The van der Waals surface area contributed by atoms with Gasteiger partial charge >= 0.3 is 11.9 Å². The summed E-state index contributed by atoms with van der Waals surface area (Å²) < 4.78 is 44.8. The van der Waals surface area contributed by atoms with E-state index >= 15 is 0 Å². The summed E-state index contributed by atoms with van der Waals surface area (Å²) in [4.78, 5) is 39.3. The van der Waals surface area contributed by atoms with Gasteiger partial charge in [0.1, 0.15) is 12.1 Å². The predicted octanol–water partition coefficient (Wildman–Crippen LogP) is 2.99. The fourth-order valence-corrected chi connectivity index (χ4v) is 3.80. The van der Waals surface area contributed by atoms with Crippen molar-refractivity contribution in [1.82, 2.24) is 10.2 Å². The number of fused-ring (bicyclic) bond motifs is 1. The Balaban J connectivity index is 0.00000507. The molecule has 1 amide bonds. The van der Waals surface area contributed by atoms with Crippen LogP contribution in [0.5, 0.6) is 0 Å². The van der Waals surface area contributed by atoms with Crippen molar-refractivity contribution in [3.8, 4) is 0 Å². The standard InChI is InChI=1S/C25H30N2O5.ClH/c1-3-32-25(31)21(14-13-18-9-5-4-6-10-18)26-17(2)23(28)27-16-20-12-8-7-11-19(20)15-22(27)24(29)30;/h4-12,17,21-22,26H,3,13-16H2,1-2H3,(H,29,30);1H/t17?,21-,22+;/m1./s1/i4D,5D,6D,9D,10D;. The van der Waals surface area contributed by atoms with Gasteiger partial charge in [-0.15, -0.1) is 12.4 Å². The van der Waals surface area contributed by atoms with Gasteiger partial charge in [0.2, 0.25) is 5.91 Å². The van der Waals surface area contributed by atoms with E-state index in [1.165, 1.54) is 11.8 Å². The molecule has 1 heterocycles. The molecule has 8 heteroatoms. The fraction of sp³-hybridized carbons (Fsp3) is 0.400. The smallest absolute Gasteiger partial charge is 0.326 e. The summed E-state index contributed by atoms with van der Waals surface area (Å²) in [5.74, 6) is -2.29. The molecule has 178 valence electrons. The molecular formula is C25H31ClN2O5. The molecular weight excluding hydrogens is 444 g/mol. The minimum Gasteiger partial charge on any atom is -0.480 e. The van der Waals surface area contributed by atoms with Crippen molar-refractivity contribution in [3.63, 3.8) is 0 Å². The molecule has 2 aromatic rings. The van der Waals surface area contributed by atoms with Gasteiger partial charge in [-0.1, -0.05) is 54.5 Å². The van der Waals surface area contributed by atoms with Crippen LogP contribution in [-0.2, 0) is 38.5 Å². The molecule has 1 aliphatic rings. The molecule has 3 atom stereocenters. The summed E-state index contributed by atoms with van der Waals surface area (Å²) in [6.45, 7) is 3.35. The highest BCUT2D eigenvalue weighted by Crippen LogP contribution is 2.24. The van der Waals surface area contributed by atoms with E-state index < -0.39 is 54.1 Å². The third kappa shape index (κ3) is 6.79. The minimum absolute atomic E-state index is 0. The first kappa shape index (κ1) is 19.6. The van der Waals surface area contributed by atoms with E-state index in [-0.39, 0.29) is 62.5 Å².